The van der Waals surface area contributed by atoms with Gasteiger partial charge >= 0.3 is 5.97 Å². The largest absolute Gasteiger partial charge is 0.458 e. The monoisotopic (exact) mass is 332 g/mol. The second-order valence-corrected chi connectivity index (χ2v) is 9.41. The van der Waals surface area contributed by atoms with E-state index in [1.165, 1.54) is 0 Å². The molecule has 24 heavy (non-hydrogen) atoms. The van der Waals surface area contributed by atoms with Gasteiger partial charge in [0.15, 0.2) is 5.78 Å². The van der Waals surface area contributed by atoms with Gasteiger partial charge in [-0.1, -0.05) is 19.9 Å². The molecule has 2 bridgehead atoms. The highest BCUT2D eigenvalue weighted by Gasteiger charge is 2.78. The van der Waals surface area contributed by atoms with E-state index >= 15 is 0 Å². The van der Waals surface area contributed by atoms with E-state index in [0.717, 1.165) is 25.7 Å². The van der Waals surface area contributed by atoms with Gasteiger partial charge in [0.05, 0.1) is 5.41 Å². The van der Waals surface area contributed by atoms with Crippen LogP contribution in [0.4, 0.5) is 0 Å². The third kappa shape index (κ3) is 1.59. The summed E-state index contributed by atoms with van der Waals surface area (Å²) in [5, 5.41) is 10.9. The summed E-state index contributed by atoms with van der Waals surface area (Å²) >= 11 is 0. The average molecular weight is 332 g/mol. The number of Topliss-reactive ketones (excluding diaryl/α,β-unsaturated/α-hetero) is 1. The predicted octanol–water partition coefficient (Wildman–Crippen LogP) is 3.03. The topological polar surface area (TPSA) is 63.6 Å². The highest BCUT2D eigenvalue weighted by Crippen LogP contribution is 2.70. The lowest BCUT2D eigenvalue weighted by atomic mass is 9.41. The summed E-state index contributed by atoms with van der Waals surface area (Å²) in [5.74, 6) is -0.963. The van der Waals surface area contributed by atoms with E-state index in [1.54, 1.807) is 0 Å². The first-order chi connectivity index (χ1) is 11.1. The van der Waals surface area contributed by atoms with Crippen LogP contribution in [0.2, 0.25) is 0 Å². The minimum Gasteiger partial charge on any atom is -0.458 e. The van der Waals surface area contributed by atoms with E-state index < -0.39 is 23.0 Å². The molecule has 0 aromatic heterocycles. The third-order valence-corrected chi connectivity index (χ3v) is 8.24. The Bertz CT molecular complexity index is 642. The van der Waals surface area contributed by atoms with Crippen LogP contribution in [0.1, 0.15) is 59.3 Å². The number of allylic oxidation sites excluding steroid dienone is 1. The number of ketones is 1. The van der Waals surface area contributed by atoms with Crippen LogP contribution in [-0.2, 0) is 14.3 Å². The summed E-state index contributed by atoms with van der Waals surface area (Å²) in [4.78, 5) is 25.9. The van der Waals surface area contributed by atoms with E-state index in [9.17, 15) is 14.7 Å². The normalized spacial score (nSPS) is 56.2. The summed E-state index contributed by atoms with van der Waals surface area (Å²) in [6, 6.07) is 0. The Morgan fingerprint density at radius 1 is 1.17 bits per heavy atom. The summed E-state index contributed by atoms with van der Waals surface area (Å²) in [7, 11) is 0. The minimum absolute atomic E-state index is 0.0858. The molecular weight excluding hydrogens is 304 g/mol. The highest BCUT2D eigenvalue weighted by molar-refractivity contribution is 5.92. The lowest BCUT2D eigenvalue weighted by molar-refractivity contribution is -0.221. The van der Waals surface area contributed by atoms with E-state index in [0.29, 0.717) is 12.8 Å². The number of esters is 1. The van der Waals surface area contributed by atoms with Gasteiger partial charge in [0.1, 0.15) is 11.7 Å². The quantitative estimate of drug-likeness (QED) is 0.592. The smallest absolute Gasteiger partial charge is 0.312 e. The molecule has 1 N–H and O–H groups in total. The van der Waals surface area contributed by atoms with E-state index in [-0.39, 0.29) is 28.5 Å². The molecule has 0 amide bonds. The third-order valence-electron chi connectivity index (χ3n) is 8.24. The molecule has 4 fully saturated rings. The molecule has 0 aromatic carbocycles. The van der Waals surface area contributed by atoms with Gasteiger partial charge in [-0.25, -0.2) is 0 Å². The van der Waals surface area contributed by atoms with Crippen LogP contribution in [0.25, 0.3) is 0 Å². The summed E-state index contributed by atoms with van der Waals surface area (Å²) in [5.41, 5.74) is -1.88. The number of fused-ring (bicyclic) bond motifs is 1. The number of aliphatic hydroxyl groups is 1. The van der Waals surface area contributed by atoms with Crippen molar-refractivity contribution in [1.29, 1.82) is 0 Å². The van der Waals surface area contributed by atoms with Crippen LogP contribution in [0.3, 0.4) is 0 Å². The zero-order valence-corrected chi connectivity index (χ0v) is 14.9. The molecule has 1 saturated heterocycles. The maximum absolute atomic E-state index is 13.1. The first kappa shape index (κ1) is 16.3. The van der Waals surface area contributed by atoms with E-state index in [2.05, 4.69) is 20.4 Å². The molecule has 132 valence electrons. The fourth-order valence-corrected chi connectivity index (χ4v) is 6.52. The molecule has 4 heteroatoms. The van der Waals surface area contributed by atoms with Crippen LogP contribution < -0.4 is 0 Å². The summed E-state index contributed by atoms with van der Waals surface area (Å²) in [6.45, 7) is 10.1. The van der Waals surface area contributed by atoms with Crippen LogP contribution >= 0.6 is 0 Å². The standard InChI is InChI=1S/C20H28O4/c1-5-17(2)9-10-19(4)12(11-17)13(21)14(22)15-18(3)7-6-8-20(15,19)24-16(18)23/h5,12,14-15,22H,1,6-11H2,2-4H3/t12-,14-,15+,17-,18+,19-,20-/m1/s1. The van der Waals surface area contributed by atoms with Gasteiger partial charge in [-0.15, -0.1) is 6.58 Å². The molecule has 1 aliphatic heterocycles. The Morgan fingerprint density at radius 3 is 2.54 bits per heavy atom. The molecule has 3 aliphatic carbocycles. The lowest BCUT2D eigenvalue weighted by Crippen LogP contribution is -2.69. The Morgan fingerprint density at radius 2 is 1.88 bits per heavy atom. The summed E-state index contributed by atoms with van der Waals surface area (Å²) in [6.07, 6.45) is 5.70. The Kier molecular flexibility index (Phi) is 3.07. The molecule has 4 nitrogen and oxygen atoms in total. The first-order valence-corrected chi connectivity index (χ1v) is 9.22. The fourth-order valence-electron chi connectivity index (χ4n) is 6.52. The van der Waals surface area contributed by atoms with Gasteiger partial charge < -0.3 is 9.84 Å². The Labute approximate surface area is 143 Å². The highest BCUT2D eigenvalue weighted by atomic mass is 16.6. The van der Waals surface area contributed by atoms with Crippen molar-refractivity contribution in [1.82, 2.24) is 0 Å². The van der Waals surface area contributed by atoms with Crippen molar-refractivity contribution >= 4 is 11.8 Å². The molecule has 0 spiro atoms. The number of carbonyl (C=O) groups is 2. The van der Waals surface area contributed by atoms with Gasteiger partial charge in [-0.05, 0) is 50.9 Å². The molecule has 3 saturated carbocycles. The second kappa shape index (κ2) is 4.51. The van der Waals surface area contributed by atoms with Crippen molar-refractivity contribution in [3.63, 3.8) is 0 Å². The van der Waals surface area contributed by atoms with Crippen molar-refractivity contribution in [2.24, 2.45) is 28.1 Å². The minimum atomic E-state index is -1.09. The van der Waals surface area contributed by atoms with Gasteiger partial charge in [-0.2, -0.15) is 0 Å². The van der Waals surface area contributed by atoms with Gasteiger partial charge in [-0.3, -0.25) is 9.59 Å². The zero-order chi connectivity index (χ0) is 17.5. The van der Waals surface area contributed by atoms with Crippen molar-refractivity contribution in [2.75, 3.05) is 0 Å². The van der Waals surface area contributed by atoms with Gasteiger partial charge in [0.2, 0.25) is 0 Å². The SMILES string of the molecule is C=C[C@]1(C)CC[C@]2(C)[C@H](C1)C(=O)[C@@H](O)[C@H]1[C@]3(C)CCC[C@@]12OC3=O. The van der Waals surface area contributed by atoms with E-state index in [4.69, 9.17) is 4.74 Å². The van der Waals surface area contributed by atoms with Gasteiger partial charge in [0.25, 0.3) is 0 Å². The average Bonchev–Trinajstić information content (AvgIpc) is 2.68. The van der Waals surface area contributed by atoms with Crippen molar-refractivity contribution in [3.05, 3.63) is 12.7 Å². The zero-order valence-electron chi connectivity index (χ0n) is 14.9. The molecule has 0 radical (unpaired) electrons. The first-order valence-electron chi connectivity index (χ1n) is 9.22. The molecule has 0 aromatic rings. The number of rotatable bonds is 1. The van der Waals surface area contributed by atoms with Crippen molar-refractivity contribution < 1.29 is 19.4 Å². The molecule has 4 rings (SSSR count). The molecule has 7 atom stereocenters. The Hall–Kier alpha value is -1.16. The lowest BCUT2D eigenvalue weighted by Gasteiger charge is -2.62. The Balaban J connectivity index is 1.87. The second-order valence-electron chi connectivity index (χ2n) is 9.41. The summed E-state index contributed by atoms with van der Waals surface area (Å²) < 4.78 is 6.10. The maximum atomic E-state index is 13.1. The van der Waals surface area contributed by atoms with Gasteiger partial charge in [0, 0.05) is 17.3 Å². The van der Waals surface area contributed by atoms with Crippen molar-refractivity contribution in [3.8, 4) is 0 Å². The van der Waals surface area contributed by atoms with Crippen LogP contribution in [0.5, 0.6) is 0 Å². The number of hydrogen-bond donors (Lipinski definition) is 1. The van der Waals surface area contributed by atoms with Crippen LogP contribution in [0, 0.1) is 28.1 Å². The van der Waals surface area contributed by atoms with Crippen LogP contribution in [0.15, 0.2) is 12.7 Å². The van der Waals surface area contributed by atoms with Crippen LogP contribution in [-0.4, -0.2) is 28.6 Å². The molecule has 4 aliphatic rings. The maximum Gasteiger partial charge on any atom is 0.312 e. The molecule has 1 heterocycles. The number of carbonyl (C=O) groups excluding carboxylic acids is 2. The fraction of sp³-hybridized carbons (Fsp3) is 0.800. The van der Waals surface area contributed by atoms with E-state index in [1.807, 2.05) is 13.0 Å². The molecule has 0 unspecified atom stereocenters. The molecular formula is C20H28O4. The number of aliphatic hydroxyl groups excluding tert-OH is 1. The number of ether oxygens (including phenoxy) is 1. The predicted molar refractivity (Wildman–Crippen MR) is 89.0 cm³/mol. The number of hydrogen-bond acceptors (Lipinski definition) is 4. The van der Waals surface area contributed by atoms with Crippen molar-refractivity contribution in [2.45, 2.75) is 71.0 Å².